The van der Waals surface area contributed by atoms with E-state index in [0.717, 1.165) is 16.0 Å². The number of aryl methyl sites for hydroxylation is 3. The number of thiophene rings is 1. The van der Waals surface area contributed by atoms with Crippen LogP contribution in [-0.2, 0) is 5.60 Å². The smallest absolute Gasteiger partial charge is 0.121 e. The molecule has 0 saturated carbocycles. The molecule has 17 heavy (non-hydrogen) atoms. The predicted octanol–water partition coefficient (Wildman–Crippen LogP) is 3.93. The minimum absolute atomic E-state index is 0.892. The number of benzene rings is 1. The first-order chi connectivity index (χ1) is 7.93. The van der Waals surface area contributed by atoms with Gasteiger partial charge in [0.1, 0.15) is 5.60 Å². The van der Waals surface area contributed by atoms with Crippen LogP contribution in [0.2, 0.25) is 0 Å². The summed E-state index contributed by atoms with van der Waals surface area (Å²) in [4.78, 5) is 0.990. The van der Waals surface area contributed by atoms with Gasteiger partial charge in [0, 0.05) is 4.88 Å². The molecule has 1 unspecified atom stereocenters. The zero-order valence-corrected chi connectivity index (χ0v) is 11.6. The molecule has 1 N–H and O–H groups in total. The van der Waals surface area contributed by atoms with Crippen molar-refractivity contribution >= 4 is 11.3 Å². The molecule has 0 radical (unpaired) electrons. The highest BCUT2D eigenvalue weighted by atomic mass is 32.1. The molecular formula is C15H18OS. The Balaban J connectivity index is 2.57. The standard InChI is InChI=1S/C15H18OS/c1-10-8-12(3)13(9-11(10)2)15(4,16)14-6-5-7-17-14/h5-9,16H,1-4H3. The number of hydrogen-bond acceptors (Lipinski definition) is 2. The maximum absolute atomic E-state index is 10.8. The minimum atomic E-state index is -0.892. The van der Waals surface area contributed by atoms with Crippen LogP contribution in [-0.4, -0.2) is 5.11 Å². The van der Waals surface area contributed by atoms with E-state index in [0.29, 0.717) is 0 Å². The highest BCUT2D eigenvalue weighted by molar-refractivity contribution is 7.10. The quantitative estimate of drug-likeness (QED) is 0.851. The second-order valence-corrected chi connectivity index (χ2v) is 5.75. The van der Waals surface area contributed by atoms with Gasteiger partial charge < -0.3 is 5.11 Å². The van der Waals surface area contributed by atoms with E-state index in [1.807, 2.05) is 24.4 Å². The van der Waals surface area contributed by atoms with E-state index in [2.05, 4.69) is 32.9 Å². The second-order valence-electron chi connectivity index (χ2n) is 4.80. The fourth-order valence-corrected chi connectivity index (χ4v) is 2.97. The molecule has 0 aliphatic heterocycles. The number of rotatable bonds is 2. The fraction of sp³-hybridized carbons (Fsp3) is 0.333. The minimum Gasteiger partial charge on any atom is -0.380 e. The van der Waals surface area contributed by atoms with Crippen LogP contribution < -0.4 is 0 Å². The summed E-state index contributed by atoms with van der Waals surface area (Å²) < 4.78 is 0. The van der Waals surface area contributed by atoms with Gasteiger partial charge in [0.15, 0.2) is 0 Å². The molecule has 2 heteroatoms. The van der Waals surface area contributed by atoms with E-state index in [1.54, 1.807) is 11.3 Å². The molecule has 1 aromatic carbocycles. The highest BCUT2D eigenvalue weighted by Crippen LogP contribution is 2.35. The lowest BCUT2D eigenvalue weighted by Crippen LogP contribution is -2.23. The van der Waals surface area contributed by atoms with Crippen LogP contribution >= 0.6 is 11.3 Å². The maximum atomic E-state index is 10.8. The van der Waals surface area contributed by atoms with E-state index in [-0.39, 0.29) is 0 Å². The van der Waals surface area contributed by atoms with E-state index in [4.69, 9.17) is 0 Å². The Hall–Kier alpha value is -1.12. The third kappa shape index (κ3) is 2.15. The Morgan fingerprint density at radius 1 is 1.06 bits per heavy atom. The van der Waals surface area contributed by atoms with Gasteiger partial charge in [-0.15, -0.1) is 11.3 Å². The summed E-state index contributed by atoms with van der Waals surface area (Å²) in [5, 5.41) is 12.8. The van der Waals surface area contributed by atoms with Gasteiger partial charge in [-0.25, -0.2) is 0 Å². The summed E-state index contributed by atoms with van der Waals surface area (Å²) in [6, 6.07) is 8.21. The Morgan fingerprint density at radius 2 is 1.71 bits per heavy atom. The fourth-order valence-electron chi connectivity index (χ4n) is 2.17. The van der Waals surface area contributed by atoms with Crippen LogP contribution in [0.4, 0.5) is 0 Å². The molecule has 1 atom stereocenters. The molecule has 1 nitrogen and oxygen atoms in total. The SMILES string of the molecule is Cc1cc(C)c(C(C)(O)c2cccs2)cc1C. The Morgan fingerprint density at radius 3 is 2.29 bits per heavy atom. The first-order valence-corrected chi connectivity index (χ1v) is 6.65. The summed E-state index contributed by atoms with van der Waals surface area (Å²) in [7, 11) is 0. The first-order valence-electron chi connectivity index (χ1n) is 5.77. The van der Waals surface area contributed by atoms with Crippen molar-refractivity contribution in [3.63, 3.8) is 0 Å². The monoisotopic (exact) mass is 246 g/mol. The van der Waals surface area contributed by atoms with Crippen molar-refractivity contribution in [3.8, 4) is 0 Å². The molecule has 90 valence electrons. The highest BCUT2D eigenvalue weighted by Gasteiger charge is 2.28. The average molecular weight is 246 g/mol. The van der Waals surface area contributed by atoms with Gasteiger partial charge in [0.25, 0.3) is 0 Å². The van der Waals surface area contributed by atoms with Crippen LogP contribution in [0.15, 0.2) is 29.6 Å². The Kier molecular flexibility index (Phi) is 3.11. The van der Waals surface area contributed by atoms with Crippen molar-refractivity contribution in [1.82, 2.24) is 0 Å². The summed E-state index contributed by atoms with van der Waals surface area (Å²) in [5.41, 5.74) is 3.75. The third-order valence-electron chi connectivity index (χ3n) is 3.37. The molecule has 1 aromatic heterocycles. The zero-order valence-electron chi connectivity index (χ0n) is 10.7. The molecule has 0 saturated heterocycles. The topological polar surface area (TPSA) is 20.2 Å². The van der Waals surface area contributed by atoms with E-state index >= 15 is 0 Å². The zero-order chi connectivity index (χ0) is 12.6. The molecule has 0 aliphatic carbocycles. The lowest BCUT2D eigenvalue weighted by atomic mass is 9.88. The van der Waals surface area contributed by atoms with Crippen LogP contribution in [0, 0.1) is 20.8 Å². The van der Waals surface area contributed by atoms with Crippen molar-refractivity contribution < 1.29 is 5.11 Å². The largest absolute Gasteiger partial charge is 0.380 e. The summed E-state index contributed by atoms with van der Waals surface area (Å²) >= 11 is 1.59. The molecule has 2 aromatic rings. The first kappa shape index (κ1) is 12.3. The van der Waals surface area contributed by atoms with Gasteiger partial charge >= 0.3 is 0 Å². The summed E-state index contributed by atoms with van der Waals surface area (Å²) in [6.45, 7) is 8.12. The van der Waals surface area contributed by atoms with Gasteiger partial charge in [0.05, 0.1) is 0 Å². The molecular weight excluding hydrogens is 228 g/mol. The summed E-state index contributed by atoms with van der Waals surface area (Å²) in [6.07, 6.45) is 0. The lowest BCUT2D eigenvalue weighted by molar-refractivity contribution is 0.105. The van der Waals surface area contributed by atoms with Crippen molar-refractivity contribution in [2.45, 2.75) is 33.3 Å². The van der Waals surface area contributed by atoms with Crippen molar-refractivity contribution in [2.75, 3.05) is 0 Å². The number of hydrogen-bond donors (Lipinski definition) is 1. The van der Waals surface area contributed by atoms with Crippen molar-refractivity contribution in [2.24, 2.45) is 0 Å². The molecule has 0 fully saturated rings. The van der Waals surface area contributed by atoms with Gasteiger partial charge in [-0.05, 0) is 61.4 Å². The van der Waals surface area contributed by atoms with Gasteiger partial charge in [-0.2, -0.15) is 0 Å². The van der Waals surface area contributed by atoms with Crippen LogP contribution in [0.1, 0.15) is 34.1 Å². The van der Waals surface area contributed by atoms with Gasteiger partial charge in [-0.3, -0.25) is 0 Å². The van der Waals surface area contributed by atoms with Crippen LogP contribution in [0.5, 0.6) is 0 Å². The molecule has 2 rings (SSSR count). The van der Waals surface area contributed by atoms with Gasteiger partial charge in [0.2, 0.25) is 0 Å². The molecule has 1 heterocycles. The molecule has 0 aliphatic rings. The Bertz CT molecular complexity index is 524. The number of aliphatic hydroxyl groups is 1. The van der Waals surface area contributed by atoms with Crippen LogP contribution in [0.25, 0.3) is 0 Å². The molecule has 0 bridgehead atoms. The van der Waals surface area contributed by atoms with Crippen LogP contribution in [0.3, 0.4) is 0 Å². The predicted molar refractivity (Wildman–Crippen MR) is 73.6 cm³/mol. The van der Waals surface area contributed by atoms with E-state index in [1.165, 1.54) is 11.1 Å². The molecule has 0 amide bonds. The lowest BCUT2D eigenvalue weighted by Gasteiger charge is -2.25. The van der Waals surface area contributed by atoms with Gasteiger partial charge in [-0.1, -0.05) is 18.2 Å². The second kappa shape index (κ2) is 4.28. The summed E-state index contributed by atoms with van der Waals surface area (Å²) in [5.74, 6) is 0. The average Bonchev–Trinajstić information content (AvgIpc) is 2.77. The van der Waals surface area contributed by atoms with E-state index < -0.39 is 5.60 Å². The Labute approximate surface area is 107 Å². The van der Waals surface area contributed by atoms with E-state index in [9.17, 15) is 5.11 Å². The normalized spacial score (nSPS) is 14.6. The third-order valence-corrected chi connectivity index (χ3v) is 4.45. The van der Waals surface area contributed by atoms with Crippen molar-refractivity contribution in [1.29, 1.82) is 0 Å². The van der Waals surface area contributed by atoms with Crippen molar-refractivity contribution in [3.05, 3.63) is 56.8 Å². The molecule has 0 spiro atoms. The maximum Gasteiger partial charge on any atom is 0.121 e.